The van der Waals surface area contributed by atoms with E-state index in [9.17, 15) is 9.59 Å². The van der Waals surface area contributed by atoms with Crippen molar-refractivity contribution in [1.82, 2.24) is 16.0 Å². The fourth-order valence-corrected chi connectivity index (χ4v) is 1.93. The Labute approximate surface area is 82.6 Å². The van der Waals surface area contributed by atoms with E-state index in [1.54, 1.807) is 0 Å². The lowest BCUT2D eigenvalue weighted by Crippen LogP contribution is -2.53. The molecule has 0 aromatic rings. The number of carbonyl (C=O) groups excluding carboxylic acids is 2. The molecule has 2 atom stereocenters. The molecule has 0 saturated carbocycles. The molecule has 2 aliphatic rings. The van der Waals surface area contributed by atoms with Crippen LogP contribution in [-0.4, -0.2) is 37.0 Å². The monoisotopic (exact) mass is 197 g/mol. The van der Waals surface area contributed by atoms with Crippen LogP contribution < -0.4 is 16.0 Å². The zero-order chi connectivity index (χ0) is 9.97. The number of piperidine rings is 1. The Kier molecular flexibility index (Phi) is 2.79. The zero-order valence-corrected chi connectivity index (χ0v) is 8.01. The van der Waals surface area contributed by atoms with E-state index in [0.717, 1.165) is 19.5 Å². The van der Waals surface area contributed by atoms with Gasteiger partial charge in [0.15, 0.2) is 0 Å². The Hall–Kier alpha value is -0.940. The number of amides is 2. The van der Waals surface area contributed by atoms with E-state index in [-0.39, 0.29) is 17.9 Å². The predicted molar refractivity (Wildman–Crippen MR) is 50.6 cm³/mol. The summed E-state index contributed by atoms with van der Waals surface area (Å²) in [6, 6.07) is 0.191. The van der Waals surface area contributed by atoms with E-state index in [2.05, 4.69) is 16.0 Å². The average Bonchev–Trinajstić information content (AvgIpc) is 2.62. The predicted octanol–water partition coefficient (Wildman–Crippen LogP) is -1.26. The highest BCUT2D eigenvalue weighted by molar-refractivity contribution is 6.00. The number of rotatable bonds is 2. The third-order valence-electron chi connectivity index (χ3n) is 2.74. The lowest BCUT2D eigenvalue weighted by atomic mass is 10.0. The van der Waals surface area contributed by atoms with Gasteiger partial charge in [0.1, 0.15) is 0 Å². The lowest BCUT2D eigenvalue weighted by Gasteiger charge is -2.24. The maximum atomic E-state index is 11.4. The smallest absolute Gasteiger partial charge is 0.243 e. The van der Waals surface area contributed by atoms with Crippen molar-refractivity contribution in [2.75, 3.05) is 13.1 Å². The molecule has 0 spiro atoms. The average molecular weight is 197 g/mol. The van der Waals surface area contributed by atoms with Crippen LogP contribution in [0.3, 0.4) is 0 Å². The molecule has 14 heavy (non-hydrogen) atoms. The van der Waals surface area contributed by atoms with E-state index >= 15 is 0 Å². The number of imide groups is 1. The molecule has 5 heteroatoms. The molecule has 2 saturated heterocycles. The molecule has 78 valence electrons. The van der Waals surface area contributed by atoms with Gasteiger partial charge in [-0.2, -0.15) is 0 Å². The summed E-state index contributed by atoms with van der Waals surface area (Å²) in [6.07, 6.45) is 2.13. The van der Waals surface area contributed by atoms with Crippen molar-refractivity contribution in [1.29, 1.82) is 0 Å². The lowest BCUT2D eigenvalue weighted by molar-refractivity contribution is -0.134. The first-order valence-corrected chi connectivity index (χ1v) is 5.06. The Morgan fingerprint density at radius 3 is 2.79 bits per heavy atom. The number of carbonyl (C=O) groups is 2. The van der Waals surface area contributed by atoms with E-state index < -0.39 is 0 Å². The summed E-state index contributed by atoms with van der Waals surface area (Å²) in [5.74, 6) is -0.328. The summed E-state index contributed by atoms with van der Waals surface area (Å²) in [4.78, 5) is 22.3. The quantitative estimate of drug-likeness (QED) is 0.483. The van der Waals surface area contributed by atoms with Gasteiger partial charge >= 0.3 is 0 Å². The molecule has 2 amide bonds. The van der Waals surface area contributed by atoms with Crippen LogP contribution in [-0.2, 0) is 9.59 Å². The molecule has 5 nitrogen and oxygen atoms in total. The van der Waals surface area contributed by atoms with Gasteiger partial charge in [0, 0.05) is 19.0 Å². The van der Waals surface area contributed by atoms with Gasteiger partial charge in [-0.05, 0) is 19.4 Å². The molecule has 2 fully saturated rings. The first-order valence-electron chi connectivity index (χ1n) is 5.06. The molecule has 2 aliphatic heterocycles. The highest BCUT2D eigenvalue weighted by atomic mass is 16.2. The second-order valence-electron chi connectivity index (χ2n) is 3.86. The number of hydrogen-bond acceptors (Lipinski definition) is 4. The summed E-state index contributed by atoms with van der Waals surface area (Å²) in [5, 5.41) is 8.83. The number of nitrogens with one attached hydrogen (secondary N) is 3. The third-order valence-corrected chi connectivity index (χ3v) is 2.74. The Morgan fingerprint density at radius 2 is 2.14 bits per heavy atom. The molecule has 0 bridgehead atoms. The van der Waals surface area contributed by atoms with Crippen molar-refractivity contribution < 1.29 is 9.59 Å². The van der Waals surface area contributed by atoms with Crippen molar-refractivity contribution >= 4 is 11.8 Å². The molecular formula is C9H15N3O2. The van der Waals surface area contributed by atoms with Crippen LogP contribution in [0.4, 0.5) is 0 Å². The van der Waals surface area contributed by atoms with Crippen molar-refractivity contribution in [3.05, 3.63) is 0 Å². The van der Waals surface area contributed by atoms with Gasteiger partial charge in [-0.3, -0.25) is 14.9 Å². The molecule has 0 aliphatic carbocycles. The van der Waals surface area contributed by atoms with Crippen LogP contribution in [0.15, 0.2) is 0 Å². The highest BCUT2D eigenvalue weighted by Crippen LogP contribution is 2.07. The second-order valence-corrected chi connectivity index (χ2v) is 3.86. The minimum absolute atomic E-state index is 0.155. The van der Waals surface area contributed by atoms with Crippen molar-refractivity contribution in [2.24, 2.45) is 0 Å². The van der Waals surface area contributed by atoms with Crippen LogP contribution in [0.25, 0.3) is 0 Å². The molecule has 2 rings (SSSR count). The molecule has 0 radical (unpaired) electrons. The largest absolute Gasteiger partial charge is 0.315 e. The summed E-state index contributed by atoms with van der Waals surface area (Å²) in [5.41, 5.74) is 0. The van der Waals surface area contributed by atoms with Crippen LogP contribution in [0, 0.1) is 0 Å². The molecule has 3 N–H and O–H groups in total. The van der Waals surface area contributed by atoms with Gasteiger partial charge in [0.2, 0.25) is 11.8 Å². The topological polar surface area (TPSA) is 70.2 Å². The van der Waals surface area contributed by atoms with Gasteiger partial charge in [0.05, 0.1) is 6.04 Å². The first-order chi connectivity index (χ1) is 6.75. The SMILES string of the molecule is O=C1CCC(NC2CCNC2)C(=O)N1. The third kappa shape index (κ3) is 2.10. The minimum Gasteiger partial charge on any atom is -0.315 e. The highest BCUT2D eigenvalue weighted by Gasteiger charge is 2.28. The van der Waals surface area contributed by atoms with E-state index in [4.69, 9.17) is 0 Å². The molecule has 0 aromatic carbocycles. The Morgan fingerprint density at radius 1 is 1.29 bits per heavy atom. The van der Waals surface area contributed by atoms with Gasteiger partial charge in [-0.1, -0.05) is 0 Å². The molecular weight excluding hydrogens is 182 g/mol. The normalized spacial score (nSPS) is 33.1. The van der Waals surface area contributed by atoms with Gasteiger partial charge in [-0.25, -0.2) is 0 Å². The maximum absolute atomic E-state index is 11.4. The standard InChI is InChI=1S/C9H15N3O2/c13-8-2-1-7(9(14)12-8)11-6-3-4-10-5-6/h6-7,10-11H,1-5H2,(H,12,13,14). The van der Waals surface area contributed by atoms with Crippen LogP contribution in [0.5, 0.6) is 0 Å². The van der Waals surface area contributed by atoms with Crippen molar-refractivity contribution in [3.63, 3.8) is 0 Å². The van der Waals surface area contributed by atoms with Gasteiger partial charge in [0.25, 0.3) is 0 Å². The fourth-order valence-electron chi connectivity index (χ4n) is 1.93. The summed E-state index contributed by atoms with van der Waals surface area (Å²) in [7, 11) is 0. The van der Waals surface area contributed by atoms with Gasteiger partial charge in [-0.15, -0.1) is 0 Å². The molecule has 2 heterocycles. The van der Waals surface area contributed by atoms with Crippen LogP contribution >= 0.6 is 0 Å². The van der Waals surface area contributed by atoms with E-state index in [1.165, 1.54) is 0 Å². The maximum Gasteiger partial charge on any atom is 0.243 e. The van der Waals surface area contributed by atoms with E-state index in [1.807, 2.05) is 0 Å². The van der Waals surface area contributed by atoms with Crippen LogP contribution in [0.1, 0.15) is 19.3 Å². The van der Waals surface area contributed by atoms with Gasteiger partial charge < -0.3 is 10.6 Å². The second kappa shape index (κ2) is 4.06. The zero-order valence-electron chi connectivity index (χ0n) is 8.01. The van der Waals surface area contributed by atoms with Crippen LogP contribution in [0.2, 0.25) is 0 Å². The first kappa shape index (κ1) is 9.61. The molecule has 0 aromatic heterocycles. The fraction of sp³-hybridized carbons (Fsp3) is 0.778. The number of hydrogen-bond donors (Lipinski definition) is 3. The molecule has 2 unspecified atom stereocenters. The summed E-state index contributed by atoms with van der Waals surface area (Å²) >= 11 is 0. The summed E-state index contributed by atoms with van der Waals surface area (Å²) < 4.78 is 0. The minimum atomic E-state index is -0.183. The summed E-state index contributed by atoms with van der Waals surface area (Å²) in [6.45, 7) is 1.92. The van der Waals surface area contributed by atoms with E-state index in [0.29, 0.717) is 18.9 Å². The Bertz CT molecular complexity index is 248. The van der Waals surface area contributed by atoms with Crippen molar-refractivity contribution in [2.45, 2.75) is 31.3 Å². The van der Waals surface area contributed by atoms with Crippen molar-refractivity contribution in [3.8, 4) is 0 Å². The Balaban J connectivity index is 1.85.